The van der Waals surface area contributed by atoms with E-state index in [0.29, 0.717) is 22.2 Å². The van der Waals surface area contributed by atoms with E-state index in [0.717, 1.165) is 17.1 Å². The molecule has 11 heteroatoms. The number of hydrogen-bond donors (Lipinski definition) is 2. The molecule has 4 aromatic rings. The van der Waals surface area contributed by atoms with E-state index in [1.807, 2.05) is 64.2 Å². The van der Waals surface area contributed by atoms with Crippen LogP contribution in [0.5, 0.6) is 5.75 Å². The number of thiocarbonyl (C=S) groups is 1. The van der Waals surface area contributed by atoms with Crippen molar-refractivity contribution in [2.75, 3.05) is 17.3 Å². The molecule has 3 heterocycles. The Bertz CT molecular complexity index is 1520. The maximum absolute atomic E-state index is 11.9. The van der Waals surface area contributed by atoms with Gasteiger partial charge in [0.2, 0.25) is 5.91 Å². The maximum Gasteiger partial charge on any atom is 0.271 e. The molecule has 0 saturated carbocycles. The van der Waals surface area contributed by atoms with Gasteiger partial charge >= 0.3 is 0 Å². The highest BCUT2D eigenvalue weighted by Gasteiger charge is 2.42. The highest BCUT2D eigenvalue weighted by Crippen LogP contribution is 2.44. The third-order valence-electron chi connectivity index (χ3n) is 6.27. The van der Waals surface area contributed by atoms with Gasteiger partial charge in [0.1, 0.15) is 11.8 Å². The number of nitrogens with one attached hydrogen (secondary N) is 2. The molecule has 2 aromatic carbocycles. The molecular formula is C27H24N6O4S. The van der Waals surface area contributed by atoms with Crippen molar-refractivity contribution in [3.8, 4) is 11.4 Å². The minimum absolute atomic E-state index is 0.00421. The summed E-state index contributed by atoms with van der Waals surface area (Å²) in [6.45, 7) is 1.43. The Labute approximate surface area is 224 Å². The number of amides is 1. The fraction of sp³-hybridized carbons (Fsp3) is 0.148. The van der Waals surface area contributed by atoms with Crippen LogP contribution in [0, 0.1) is 10.1 Å². The molecule has 0 spiro atoms. The zero-order valence-corrected chi connectivity index (χ0v) is 21.4. The number of ether oxygens (including phenoxy) is 1. The standard InChI is InChI=1S/C27H24N6O4S/c1-17(34)29-22-16-19(11-12-24(22)37-2)32-26(25(30-27(32)38)21-9-3-4-13-28-21)23-10-6-14-31(23)18-7-5-8-20(15-18)33(35)36/h3-16,25-26H,1-2H3,(H,29,34)(H,30,38). The van der Waals surface area contributed by atoms with Gasteiger partial charge in [-0.1, -0.05) is 12.1 Å². The van der Waals surface area contributed by atoms with E-state index in [1.165, 1.54) is 26.2 Å². The van der Waals surface area contributed by atoms with E-state index in [9.17, 15) is 14.9 Å². The molecule has 2 aromatic heterocycles. The van der Waals surface area contributed by atoms with Gasteiger partial charge in [0.15, 0.2) is 5.11 Å². The second-order valence-electron chi connectivity index (χ2n) is 8.64. The van der Waals surface area contributed by atoms with Crippen molar-refractivity contribution in [3.63, 3.8) is 0 Å². The lowest BCUT2D eigenvalue weighted by Gasteiger charge is -2.29. The lowest BCUT2D eigenvalue weighted by molar-refractivity contribution is -0.384. The van der Waals surface area contributed by atoms with Gasteiger partial charge < -0.3 is 24.8 Å². The summed E-state index contributed by atoms with van der Waals surface area (Å²) < 4.78 is 7.35. The van der Waals surface area contributed by atoms with E-state index in [4.69, 9.17) is 17.0 Å². The summed E-state index contributed by atoms with van der Waals surface area (Å²) in [7, 11) is 1.54. The predicted molar refractivity (Wildman–Crippen MR) is 148 cm³/mol. The summed E-state index contributed by atoms with van der Waals surface area (Å²) in [5.74, 6) is 0.282. The average Bonchev–Trinajstić information content (AvgIpc) is 3.53. The van der Waals surface area contributed by atoms with Gasteiger partial charge in [-0.15, -0.1) is 0 Å². The topological polar surface area (TPSA) is 115 Å². The highest BCUT2D eigenvalue weighted by atomic mass is 32.1. The average molecular weight is 529 g/mol. The van der Waals surface area contributed by atoms with Crippen LogP contribution in [0.3, 0.4) is 0 Å². The second-order valence-corrected chi connectivity index (χ2v) is 9.03. The second kappa shape index (κ2) is 10.3. The fourth-order valence-corrected chi connectivity index (χ4v) is 5.04. The number of anilines is 2. The molecule has 192 valence electrons. The molecule has 1 aliphatic rings. The number of nitro benzene ring substituents is 1. The molecule has 1 fully saturated rings. The summed E-state index contributed by atoms with van der Waals surface area (Å²) in [5.41, 5.74) is 3.49. The molecular weight excluding hydrogens is 504 g/mol. The monoisotopic (exact) mass is 528 g/mol. The van der Waals surface area contributed by atoms with Crippen molar-refractivity contribution in [3.05, 3.63) is 107 Å². The van der Waals surface area contributed by atoms with Crippen molar-refractivity contribution in [1.29, 1.82) is 0 Å². The molecule has 2 unspecified atom stereocenters. The Morgan fingerprint density at radius 2 is 1.95 bits per heavy atom. The molecule has 0 bridgehead atoms. The number of hydrogen-bond acceptors (Lipinski definition) is 6. The number of carbonyl (C=O) groups excluding carboxylic acids is 1. The van der Waals surface area contributed by atoms with Crippen molar-refractivity contribution in [1.82, 2.24) is 14.9 Å². The summed E-state index contributed by atoms with van der Waals surface area (Å²) in [5, 5.41) is 18.1. The summed E-state index contributed by atoms with van der Waals surface area (Å²) in [6, 6.07) is 20.7. The van der Waals surface area contributed by atoms with Gasteiger partial charge in [-0.25, -0.2) is 0 Å². The van der Waals surface area contributed by atoms with E-state index < -0.39 is 4.92 Å². The summed E-state index contributed by atoms with van der Waals surface area (Å²) >= 11 is 5.83. The van der Waals surface area contributed by atoms with Gasteiger partial charge in [-0.2, -0.15) is 0 Å². The lowest BCUT2D eigenvalue weighted by atomic mass is 10.0. The van der Waals surface area contributed by atoms with Crippen LogP contribution < -0.4 is 20.3 Å². The molecule has 2 atom stereocenters. The molecule has 2 N–H and O–H groups in total. The number of non-ortho nitro benzene ring substituents is 1. The lowest BCUT2D eigenvalue weighted by Crippen LogP contribution is -2.30. The molecule has 5 rings (SSSR count). The number of benzene rings is 2. The Hall–Kier alpha value is -4.77. The van der Waals surface area contributed by atoms with Crippen molar-refractivity contribution in [2.45, 2.75) is 19.0 Å². The first-order valence-electron chi connectivity index (χ1n) is 11.8. The third-order valence-corrected chi connectivity index (χ3v) is 6.59. The van der Waals surface area contributed by atoms with Crippen LogP contribution in [0.2, 0.25) is 0 Å². The van der Waals surface area contributed by atoms with Gasteiger partial charge in [0.25, 0.3) is 5.69 Å². The van der Waals surface area contributed by atoms with Gasteiger partial charge in [0, 0.05) is 42.8 Å². The smallest absolute Gasteiger partial charge is 0.271 e. The van der Waals surface area contributed by atoms with Crippen LogP contribution in [0.4, 0.5) is 17.1 Å². The van der Waals surface area contributed by atoms with Crippen LogP contribution >= 0.6 is 12.2 Å². The normalized spacial score (nSPS) is 16.7. The number of aromatic nitrogens is 2. The predicted octanol–water partition coefficient (Wildman–Crippen LogP) is 4.92. The first-order valence-corrected chi connectivity index (χ1v) is 12.2. The number of pyridine rings is 1. The number of methoxy groups -OCH3 is 1. The van der Waals surface area contributed by atoms with Gasteiger partial charge in [-0.05, 0) is 60.7 Å². The Morgan fingerprint density at radius 1 is 1.11 bits per heavy atom. The molecule has 1 amide bonds. The van der Waals surface area contributed by atoms with E-state index in [1.54, 1.807) is 18.3 Å². The summed E-state index contributed by atoms with van der Waals surface area (Å²) in [4.78, 5) is 29.4. The number of rotatable bonds is 7. The summed E-state index contributed by atoms with van der Waals surface area (Å²) in [6.07, 6.45) is 3.59. The number of nitrogens with zero attached hydrogens (tertiary/aromatic N) is 4. The molecule has 1 saturated heterocycles. The highest BCUT2D eigenvalue weighted by molar-refractivity contribution is 7.80. The Kier molecular flexibility index (Phi) is 6.75. The van der Waals surface area contributed by atoms with Crippen LogP contribution in [-0.2, 0) is 4.79 Å². The SMILES string of the molecule is COc1ccc(N2C(=S)NC(c3ccccn3)C2c2cccn2-c2cccc([N+](=O)[O-])c2)cc1NC(C)=O. The van der Waals surface area contributed by atoms with Crippen molar-refractivity contribution >= 4 is 40.3 Å². The van der Waals surface area contributed by atoms with Crippen LogP contribution in [0.1, 0.15) is 30.4 Å². The quantitative estimate of drug-likeness (QED) is 0.197. The molecule has 38 heavy (non-hydrogen) atoms. The van der Waals surface area contributed by atoms with E-state index in [2.05, 4.69) is 15.6 Å². The maximum atomic E-state index is 11.9. The largest absolute Gasteiger partial charge is 0.495 e. The van der Waals surface area contributed by atoms with Crippen LogP contribution in [0.15, 0.2) is 85.2 Å². The van der Waals surface area contributed by atoms with Crippen LogP contribution in [0.25, 0.3) is 5.69 Å². The fourth-order valence-electron chi connectivity index (χ4n) is 4.69. The first-order chi connectivity index (χ1) is 18.4. The first kappa shape index (κ1) is 24.9. The minimum atomic E-state index is -0.414. The van der Waals surface area contributed by atoms with Crippen molar-refractivity contribution in [2.24, 2.45) is 0 Å². The van der Waals surface area contributed by atoms with E-state index >= 15 is 0 Å². The molecule has 1 aliphatic heterocycles. The van der Waals surface area contributed by atoms with E-state index in [-0.39, 0.29) is 23.7 Å². The molecule has 0 radical (unpaired) electrons. The van der Waals surface area contributed by atoms with Crippen LogP contribution in [-0.4, -0.2) is 32.6 Å². The third kappa shape index (κ3) is 4.66. The molecule has 10 nitrogen and oxygen atoms in total. The number of carbonyl (C=O) groups is 1. The van der Waals surface area contributed by atoms with Crippen molar-refractivity contribution < 1.29 is 14.5 Å². The van der Waals surface area contributed by atoms with Gasteiger partial charge in [-0.3, -0.25) is 19.9 Å². The molecule has 0 aliphatic carbocycles. The Morgan fingerprint density at radius 3 is 2.66 bits per heavy atom. The minimum Gasteiger partial charge on any atom is -0.495 e. The Balaban J connectivity index is 1.67. The zero-order valence-electron chi connectivity index (χ0n) is 20.6. The van der Waals surface area contributed by atoms with Gasteiger partial charge in [0.05, 0.1) is 35.1 Å². The number of nitro groups is 1. The zero-order chi connectivity index (χ0) is 26.8.